The van der Waals surface area contributed by atoms with Crippen LogP contribution in [0.25, 0.3) is 0 Å². The first-order chi connectivity index (χ1) is 8.15. The van der Waals surface area contributed by atoms with E-state index in [1.807, 2.05) is 19.9 Å². The molecule has 1 aromatic heterocycles. The van der Waals surface area contributed by atoms with Gasteiger partial charge in [-0.3, -0.25) is 4.79 Å². The molecule has 2 heterocycles. The Kier molecular flexibility index (Phi) is 3.99. The van der Waals surface area contributed by atoms with Gasteiger partial charge in [0.15, 0.2) is 0 Å². The number of nitrogens with zero attached hydrogens (tertiary/aromatic N) is 2. The quantitative estimate of drug-likeness (QED) is 0.815. The average Bonchev–Trinajstić information content (AvgIpc) is 2.43. The number of hydrogen-bond donors (Lipinski definition) is 1. The molecule has 1 amide bonds. The standard InChI is InChI=1S/C12H17N3OS/c1-8-7-11(15-9(2)14-8)17-10-5-3-4-6-13-12(10)16/h7,10H,3-6H2,1-2H3,(H,13,16)/t10-/m1/s1. The van der Waals surface area contributed by atoms with E-state index in [1.165, 1.54) is 0 Å². The number of hydrogen-bond acceptors (Lipinski definition) is 4. The molecule has 0 aromatic carbocycles. The summed E-state index contributed by atoms with van der Waals surface area (Å²) >= 11 is 1.55. The van der Waals surface area contributed by atoms with Crippen molar-refractivity contribution in [3.8, 4) is 0 Å². The highest BCUT2D eigenvalue weighted by Gasteiger charge is 2.22. The summed E-state index contributed by atoms with van der Waals surface area (Å²) in [5.41, 5.74) is 0.953. The Balaban J connectivity index is 2.10. The maximum absolute atomic E-state index is 11.8. The van der Waals surface area contributed by atoms with Crippen molar-refractivity contribution in [2.75, 3.05) is 6.54 Å². The Morgan fingerprint density at radius 2 is 2.18 bits per heavy atom. The molecule has 1 N–H and O–H groups in total. The van der Waals surface area contributed by atoms with Crippen LogP contribution < -0.4 is 5.32 Å². The van der Waals surface area contributed by atoms with Crippen LogP contribution in [0.1, 0.15) is 30.8 Å². The lowest BCUT2D eigenvalue weighted by Crippen LogP contribution is -2.30. The largest absolute Gasteiger partial charge is 0.355 e. The Labute approximate surface area is 106 Å². The molecule has 1 saturated heterocycles. The number of nitrogens with one attached hydrogen (secondary N) is 1. The van der Waals surface area contributed by atoms with Gasteiger partial charge >= 0.3 is 0 Å². The molecule has 0 saturated carbocycles. The van der Waals surface area contributed by atoms with Crippen LogP contribution in [-0.4, -0.2) is 27.7 Å². The van der Waals surface area contributed by atoms with Crippen LogP contribution >= 0.6 is 11.8 Å². The maximum Gasteiger partial charge on any atom is 0.233 e. The van der Waals surface area contributed by atoms with Gasteiger partial charge < -0.3 is 5.32 Å². The van der Waals surface area contributed by atoms with Crippen LogP contribution in [0.5, 0.6) is 0 Å². The Morgan fingerprint density at radius 3 is 2.94 bits per heavy atom. The van der Waals surface area contributed by atoms with Gasteiger partial charge in [-0.2, -0.15) is 0 Å². The van der Waals surface area contributed by atoms with E-state index in [4.69, 9.17) is 0 Å². The highest BCUT2D eigenvalue weighted by molar-refractivity contribution is 8.00. The minimum absolute atomic E-state index is 0.00815. The molecule has 0 aliphatic carbocycles. The van der Waals surface area contributed by atoms with Gasteiger partial charge in [0, 0.05) is 12.2 Å². The molecule has 1 aromatic rings. The number of thioether (sulfide) groups is 1. The van der Waals surface area contributed by atoms with E-state index in [1.54, 1.807) is 11.8 Å². The number of rotatable bonds is 2. The topological polar surface area (TPSA) is 54.9 Å². The minimum Gasteiger partial charge on any atom is -0.355 e. The van der Waals surface area contributed by atoms with Crippen molar-refractivity contribution in [3.05, 3.63) is 17.6 Å². The summed E-state index contributed by atoms with van der Waals surface area (Å²) in [6, 6.07) is 1.94. The molecule has 1 fully saturated rings. The lowest BCUT2D eigenvalue weighted by Gasteiger charge is -2.12. The fourth-order valence-corrected chi connectivity index (χ4v) is 3.10. The predicted octanol–water partition coefficient (Wildman–Crippen LogP) is 1.85. The summed E-state index contributed by atoms with van der Waals surface area (Å²) in [7, 11) is 0. The van der Waals surface area contributed by atoms with Gasteiger partial charge in [0.25, 0.3) is 0 Å². The van der Waals surface area contributed by atoms with Crippen molar-refractivity contribution < 1.29 is 4.79 Å². The van der Waals surface area contributed by atoms with Gasteiger partial charge in [0.1, 0.15) is 10.9 Å². The van der Waals surface area contributed by atoms with Crippen LogP contribution in [0.15, 0.2) is 11.1 Å². The third-order valence-electron chi connectivity index (χ3n) is 2.69. The minimum atomic E-state index is -0.00815. The molecule has 4 nitrogen and oxygen atoms in total. The van der Waals surface area contributed by atoms with Crippen LogP contribution in [0.4, 0.5) is 0 Å². The fourth-order valence-electron chi connectivity index (χ4n) is 1.91. The number of carbonyl (C=O) groups is 1. The lowest BCUT2D eigenvalue weighted by atomic mass is 10.2. The first-order valence-corrected chi connectivity index (χ1v) is 6.80. The zero-order chi connectivity index (χ0) is 12.3. The second-order valence-electron chi connectivity index (χ2n) is 4.29. The SMILES string of the molecule is Cc1cc(S[C@@H]2CCCCNC2=O)nc(C)n1. The second kappa shape index (κ2) is 5.49. The predicted molar refractivity (Wildman–Crippen MR) is 68.0 cm³/mol. The van der Waals surface area contributed by atoms with Crippen LogP contribution in [0, 0.1) is 13.8 Å². The molecule has 5 heteroatoms. The van der Waals surface area contributed by atoms with Crippen molar-refractivity contribution in [3.63, 3.8) is 0 Å². The monoisotopic (exact) mass is 251 g/mol. The van der Waals surface area contributed by atoms with Crippen molar-refractivity contribution in [2.24, 2.45) is 0 Å². The zero-order valence-electron chi connectivity index (χ0n) is 10.2. The van der Waals surface area contributed by atoms with E-state index in [0.29, 0.717) is 0 Å². The van der Waals surface area contributed by atoms with E-state index >= 15 is 0 Å². The number of amides is 1. The molecule has 1 atom stereocenters. The Hall–Kier alpha value is -1.10. The van der Waals surface area contributed by atoms with Gasteiger partial charge in [-0.1, -0.05) is 18.2 Å². The third kappa shape index (κ3) is 3.43. The summed E-state index contributed by atoms with van der Waals surface area (Å²) in [5.74, 6) is 0.906. The normalized spacial score (nSPS) is 20.8. The van der Waals surface area contributed by atoms with E-state index in [0.717, 1.165) is 42.4 Å². The maximum atomic E-state index is 11.8. The molecule has 1 aliphatic heterocycles. The summed E-state index contributed by atoms with van der Waals surface area (Å²) < 4.78 is 0. The van der Waals surface area contributed by atoms with E-state index in [9.17, 15) is 4.79 Å². The van der Waals surface area contributed by atoms with Crippen molar-refractivity contribution in [1.82, 2.24) is 15.3 Å². The van der Waals surface area contributed by atoms with Crippen LogP contribution in [0.3, 0.4) is 0 Å². The molecular formula is C12H17N3OS. The van der Waals surface area contributed by atoms with Gasteiger partial charge in [0.05, 0.1) is 5.25 Å². The summed E-state index contributed by atoms with van der Waals surface area (Å²) in [4.78, 5) is 20.4. The fraction of sp³-hybridized carbons (Fsp3) is 0.583. The molecule has 0 unspecified atom stereocenters. The zero-order valence-corrected chi connectivity index (χ0v) is 11.0. The molecule has 0 radical (unpaired) electrons. The summed E-state index contributed by atoms with van der Waals surface area (Å²) in [6.07, 6.45) is 3.10. The van der Waals surface area contributed by atoms with Gasteiger partial charge in [-0.05, 0) is 32.8 Å². The summed E-state index contributed by atoms with van der Waals surface area (Å²) in [6.45, 7) is 4.63. The van der Waals surface area contributed by atoms with Gasteiger partial charge in [0.2, 0.25) is 5.91 Å². The first kappa shape index (κ1) is 12.4. The van der Waals surface area contributed by atoms with E-state index in [-0.39, 0.29) is 11.2 Å². The summed E-state index contributed by atoms with van der Waals surface area (Å²) in [5, 5.41) is 3.83. The molecule has 0 spiro atoms. The first-order valence-electron chi connectivity index (χ1n) is 5.92. The van der Waals surface area contributed by atoms with Gasteiger partial charge in [-0.25, -0.2) is 9.97 Å². The van der Waals surface area contributed by atoms with E-state index < -0.39 is 0 Å². The molecule has 0 bridgehead atoms. The average molecular weight is 251 g/mol. The van der Waals surface area contributed by atoms with E-state index in [2.05, 4.69) is 15.3 Å². The molecule has 92 valence electrons. The van der Waals surface area contributed by atoms with Crippen molar-refractivity contribution in [1.29, 1.82) is 0 Å². The van der Waals surface area contributed by atoms with Gasteiger partial charge in [-0.15, -0.1) is 0 Å². The highest BCUT2D eigenvalue weighted by atomic mass is 32.2. The van der Waals surface area contributed by atoms with Crippen molar-refractivity contribution in [2.45, 2.75) is 43.4 Å². The molecule has 17 heavy (non-hydrogen) atoms. The number of carbonyl (C=O) groups excluding carboxylic acids is 1. The molecule has 1 aliphatic rings. The number of aromatic nitrogens is 2. The molecular weight excluding hydrogens is 234 g/mol. The second-order valence-corrected chi connectivity index (χ2v) is 5.51. The van der Waals surface area contributed by atoms with Crippen LogP contribution in [0.2, 0.25) is 0 Å². The lowest BCUT2D eigenvalue weighted by molar-refractivity contribution is -0.120. The number of aryl methyl sites for hydroxylation is 2. The van der Waals surface area contributed by atoms with Crippen molar-refractivity contribution >= 4 is 17.7 Å². The van der Waals surface area contributed by atoms with Crippen LogP contribution in [-0.2, 0) is 4.79 Å². The Morgan fingerprint density at radius 1 is 1.35 bits per heavy atom. The Bertz CT molecular complexity index is 402. The highest BCUT2D eigenvalue weighted by Crippen LogP contribution is 2.26. The molecule has 2 rings (SSSR count). The third-order valence-corrected chi connectivity index (χ3v) is 3.88. The smallest absolute Gasteiger partial charge is 0.233 e.